The van der Waals surface area contributed by atoms with Gasteiger partial charge in [-0.05, 0) is 41.5 Å². The molecule has 19 heteroatoms. The van der Waals surface area contributed by atoms with Crippen molar-refractivity contribution in [3.63, 3.8) is 0 Å². The fraction of sp³-hybridized carbons (Fsp3) is 0.609. The van der Waals surface area contributed by atoms with E-state index in [1.807, 2.05) is 0 Å². The lowest BCUT2D eigenvalue weighted by Gasteiger charge is -2.36. The van der Waals surface area contributed by atoms with Gasteiger partial charge in [0, 0.05) is 33.4 Å². The molecule has 0 aromatic carbocycles. The molecular weight excluding hydrogens is 856 g/mol. The molecule has 0 aliphatic carbocycles. The minimum Gasteiger partial charge on any atom is -0.460 e. The Kier molecular flexibility index (Phi) is 31.7. The molecule has 0 saturated heterocycles. The number of hydrogen-bond donors (Lipinski definition) is 0. The van der Waals surface area contributed by atoms with Crippen molar-refractivity contribution >= 4 is 35.8 Å². The van der Waals surface area contributed by atoms with Gasteiger partial charge in [0.05, 0.1) is 103 Å². The predicted octanol–water partition coefficient (Wildman–Crippen LogP) is 3.79. The molecule has 368 valence electrons. The number of carbonyl (C=O) groups excluding carboxylic acids is 6. The lowest BCUT2D eigenvalue weighted by atomic mass is 9.90. The van der Waals surface area contributed by atoms with E-state index in [9.17, 15) is 28.8 Å². The van der Waals surface area contributed by atoms with Gasteiger partial charge >= 0.3 is 35.8 Å². The highest BCUT2D eigenvalue weighted by molar-refractivity contribution is 5.88. The molecule has 0 saturated carbocycles. The van der Waals surface area contributed by atoms with Gasteiger partial charge < -0.3 is 61.6 Å². The molecule has 0 unspecified atom stereocenters. The van der Waals surface area contributed by atoms with Crippen LogP contribution in [0.25, 0.3) is 0 Å². The summed E-state index contributed by atoms with van der Waals surface area (Å²) in [4.78, 5) is 72.0. The van der Waals surface area contributed by atoms with Crippen LogP contribution in [-0.2, 0) is 90.3 Å². The number of carbonyl (C=O) groups is 6. The van der Waals surface area contributed by atoms with Crippen LogP contribution in [0.3, 0.4) is 0 Å². The van der Waals surface area contributed by atoms with E-state index >= 15 is 0 Å². The van der Waals surface area contributed by atoms with Crippen LogP contribution in [0.4, 0.5) is 0 Å². The van der Waals surface area contributed by atoms with Crippen LogP contribution in [0, 0.1) is 10.8 Å². The lowest BCUT2D eigenvalue weighted by Crippen LogP contribution is -2.46. The maximum Gasteiger partial charge on any atom is 0.333 e. The second-order valence-electron chi connectivity index (χ2n) is 15.3. The Labute approximate surface area is 382 Å². The molecule has 65 heavy (non-hydrogen) atoms. The van der Waals surface area contributed by atoms with Gasteiger partial charge in [0.1, 0.15) is 39.6 Å². The van der Waals surface area contributed by atoms with Gasteiger partial charge in [-0.1, -0.05) is 39.5 Å². The van der Waals surface area contributed by atoms with Crippen molar-refractivity contribution in [2.45, 2.75) is 41.5 Å². The molecule has 0 atom stereocenters. The summed E-state index contributed by atoms with van der Waals surface area (Å²) >= 11 is 0. The highest BCUT2D eigenvalue weighted by atomic mass is 16.6. The summed E-state index contributed by atoms with van der Waals surface area (Å²) in [5.41, 5.74) is -0.967. The van der Waals surface area contributed by atoms with Gasteiger partial charge in [-0.3, -0.25) is 0 Å². The number of ether oxygens (including phenoxy) is 13. The third-order valence-electron chi connectivity index (χ3n) is 8.12. The molecule has 0 rings (SSSR count). The van der Waals surface area contributed by atoms with Crippen LogP contribution in [-0.4, -0.2) is 168 Å². The summed E-state index contributed by atoms with van der Waals surface area (Å²) in [6.45, 7) is 29.0. The molecule has 0 bridgehead atoms. The molecular formula is C46H70O19. The Morgan fingerprint density at radius 1 is 0.262 bits per heavy atom. The van der Waals surface area contributed by atoms with Crippen LogP contribution in [0.1, 0.15) is 41.5 Å². The van der Waals surface area contributed by atoms with E-state index < -0.39 is 46.6 Å². The minimum atomic E-state index is -1.12. The van der Waals surface area contributed by atoms with Crippen molar-refractivity contribution in [3.8, 4) is 0 Å². The predicted molar refractivity (Wildman–Crippen MR) is 235 cm³/mol. The summed E-state index contributed by atoms with van der Waals surface area (Å²) < 4.78 is 73.5. The molecule has 19 nitrogen and oxygen atoms in total. The highest BCUT2D eigenvalue weighted by Gasteiger charge is 2.37. The van der Waals surface area contributed by atoms with Crippen molar-refractivity contribution in [2.75, 3.05) is 132 Å². The van der Waals surface area contributed by atoms with E-state index in [2.05, 4.69) is 39.5 Å². The van der Waals surface area contributed by atoms with E-state index in [-0.39, 0.29) is 166 Å². The monoisotopic (exact) mass is 926 g/mol. The third kappa shape index (κ3) is 29.2. The molecule has 0 spiro atoms. The smallest absolute Gasteiger partial charge is 0.333 e. The minimum absolute atomic E-state index is 0.0332. The number of rotatable bonds is 40. The first-order valence-corrected chi connectivity index (χ1v) is 20.7. The first-order valence-electron chi connectivity index (χ1n) is 20.7. The zero-order chi connectivity index (χ0) is 49.3. The fourth-order valence-corrected chi connectivity index (χ4v) is 4.62. The van der Waals surface area contributed by atoms with Crippen LogP contribution in [0.5, 0.6) is 0 Å². The van der Waals surface area contributed by atoms with E-state index in [0.29, 0.717) is 0 Å². The van der Waals surface area contributed by atoms with Crippen molar-refractivity contribution in [1.82, 2.24) is 0 Å². The number of hydrogen-bond acceptors (Lipinski definition) is 19. The second kappa shape index (κ2) is 34.3. The van der Waals surface area contributed by atoms with Gasteiger partial charge in [0.25, 0.3) is 0 Å². The maximum absolute atomic E-state index is 12.0. The summed E-state index contributed by atoms with van der Waals surface area (Å²) in [6.07, 6.45) is 0. The van der Waals surface area contributed by atoms with Gasteiger partial charge in [-0.15, -0.1) is 0 Å². The van der Waals surface area contributed by atoms with E-state index in [1.54, 1.807) is 0 Å². The zero-order valence-electron chi connectivity index (χ0n) is 39.1. The second-order valence-corrected chi connectivity index (χ2v) is 15.3. The van der Waals surface area contributed by atoms with E-state index in [1.165, 1.54) is 41.5 Å². The standard InChI is InChI=1S/C46H70O19/c1-33(2)39(47)60-19-13-53-25-45(26-54-14-20-61-40(48)34(3)4,27-55-15-21-62-41(49)35(5)6)31-59-32-46(28-56-16-22-63-42(50)36(7)8,29-57-17-23-64-43(51)37(9)10)30-58-18-24-65-44(52)38(11)12/h1,3,5,7,9,11,13-32H2,2,4,6,8,10,12H3. The van der Waals surface area contributed by atoms with E-state index in [0.717, 1.165) is 0 Å². The third-order valence-corrected chi connectivity index (χ3v) is 8.12. The molecule has 0 aliphatic heterocycles. The normalized spacial score (nSPS) is 11.2. The molecule has 0 heterocycles. The van der Waals surface area contributed by atoms with Gasteiger partial charge in [-0.2, -0.15) is 0 Å². The fourth-order valence-electron chi connectivity index (χ4n) is 4.62. The van der Waals surface area contributed by atoms with Crippen molar-refractivity contribution < 1.29 is 90.3 Å². The Bertz CT molecular complexity index is 1320. The Hall–Kier alpha value is -5.02. The Morgan fingerprint density at radius 2 is 0.400 bits per heavy atom. The van der Waals surface area contributed by atoms with Gasteiger partial charge in [0.15, 0.2) is 0 Å². The summed E-state index contributed by atoms with van der Waals surface area (Å²) in [5, 5.41) is 0. The van der Waals surface area contributed by atoms with Crippen LogP contribution in [0.15, 0.2) is 72.9 Å². The first kappa shape index (κ1) is 60.0. The first-order chi connectivity index (χ1) is 30.7. The average molecular weight is 927 g/mol. The topological polar surface area (TPSA) is 222 Å². The van der Waals surface area contributed by atoms with Gasteiger partial charge in [0.2, 0.25) is 0 Å². The quantitative estimate of drug-likeness (QED) is 0.0369. The largest absolute Gasteiger partial charge is 0.460 e. The molecule has 0 aromatic rings. The molecule has 0 amide bonds. The van der Waals surface area contributed by atoms with Crippen LogP contribution >= 0.6 is 0 Å². The van der Waals surface area contributed by atoms with Crippen molar-refractivity contribution in [1.29, 1.82) is 0 Å². The summed E-state index contributed by atoms with van der Waals surface area (Å²) in [6, 6.07) is 0. The molecule has 0 radical (unpaired) electrons. The van der Waals surface area contributed by atoms with E-state index in [4.69, 9.17) is 61.6 Å². The highest BCUT2D eigenvalue weighted by Crippen LogP contribution is 2.26. The van der Waals surface area contributed by atoms with Crippen LogP contribution < -0.4 is 0 Å². The van der Waals surface area contributed by atoms with Crippen LogP contribution in [0.2, 0.25) is 0 Å². The Balaban J connectivity index is 6.67. The molecule has 0 N–H and O–H groups in total. The zero-order valence-corrected chi connectivity index (χ0v) is 39.1. The SMILES string of the molecule is C=C(C)C(=O)OCCOCC(COCCOC(=O)C(=C)C)(COCCOC(=O)C(=C)C)COCC(COCCOC(=O)C(=C)C)(COCCOC(=O)C(=C)C)COCCOC(=O)C(=C)C. The van der Waals surface area contributed by atoms with Gasteiger partial charge in [-0.25, -0.2) is 28.8 Å². The molecule has 0 aromatic heterocycles. The molecule has 0 aliphatic rings. The van der Waals surface area contributed by atoms with Crippen molar-refractivity contribution in [3.05, 3.63) is 72.9 Å². The summed E-state index contributed by atoms with van der Waals surface area (Å²) in [5.74, 6) is -3.56. The Morgan fingerprint density at radius 3 is 0.538 bits per heavy atom. The maximum atomic E-state index is 12.0. The lowest BCUT2D eigenvalue weighted by molar-refractivity contribution is -0.157. The summed E-state index contributed by atoms with van der Waals surface area (Å²) in [7, 11) is 0. The van der Waals surface area contributed by atoms with Crippen molar-refractivity contribution in [2.24, 2.45) is 10.8 Å². The number of esters is 6. The molecule has 0 fully saturated rings. The average Bonchev–Trinajstić information content (AvgIpc) is 3.24.